The first kappa shape index (κ1) is 15.5. The number of unbranched alkanes of at least 4 members (excludes halogenated alkanes) is 1. The molecule has 0 spiro atoms. The molecule has 0 aromatic heterocycles. The van der Waals surface area contributed by atoms with Gasteiger partial charge in [0.1, 0.15) is 5.75 Å². The second-order valence-electron chi connectivity index (χ2n) is 4.69. The van der Waals surface area contributed by atoms with E-state index in [0.29, 0.717) is 12.4 Å². The van der Waals surface area contributed by atoms with Crippen LogP contribution in [0.3, 0.4) is 0 Å². The average molecular weight is 265 g/mol. The Morgan fingerprint density at radius 3 is 2.58 bits per heavy atom. The first-order valence-corrected chi connectivity index (χ1v) is 6.74. The molecule has 0 amide bonds. The van der Waals surface area contributed by atoms with Crippen molar-refractivity contribution in [1.29, 1.82) is 0 Å². The monoisotopic (exact) mass is 265 g/mol. The summed E-state index contributed by atoms with van der Waals surface area (Å²) in [6.07, 6.45) is 2.73. The van der Waals surface area contributed by atoms with Crippen molar-refractivity contribution in [2.24, 2.45) is 5.73 Å². The van der Waals surface area contributed by atoms with Crippen LogP contribution >= 0.6 is 0 Å². The Bertz CT molecular complexity index is 373. The third kappa shape index (κ3) is 6.82. The molecule has 0 saturated heterocycles. The van der Waals surface area contributed by atoms with Gasteiger partial charge in [0.2, 0.25) is 0 Å². The van der Waals surface area contributed by atoms with Gasteiger partial charge in [0.15, 0.2) is 6.61 Å². The Labute approximate surface area is 114 Å². The summed E-state index contributed by atoms with van der Waals surface area (Å²) < 4.78 is 10.4. The largest absolute Gasteiger partial charge is 0.482 e. The molecule has 1 aromatic carbocycles. The number of esters is 1. The molecule has 0 fully saturated rings. The molecule has 19 heavy (non-hydrogen) atoms. The summed E-state index contributed by atoms with van der Waals surface area (Å²) in [5.41, 5.74) is 6.89. The van der Waals surface area contributed by atoms with Gasteiger partial charge in [-0.05, 0) is 37.5 Å². The number of nitrogens with two attached hydrogens (primary N) is 1. The number of ether oxygens (including phenoxy) is 2. The van der Waals surface area contributed by atoms with Crippen LogP contribution in [0.2, 0.25) is 0 Å². The SMILES string of the molecule is CCCCOC(=O)COc1ccc(CC(C)N)cc1. The van der Waals surface area contributed by atoms with E-state index >= 15 is 0 Å². The zero-order chi connectivity index (χ0) is 14.1. The van der Waals surface area contributed by atoms with Crippen molar-refractivity contribution in [3.63, 3.8) is 0 Å². The number of benzene rings is 1. The number of carbonyl (C=O) groups excluding carboxylic acids is 1. The minimum Gasteiger partial charge on any atom is -0.482 e. The summed E-state index contributed by atoms with van der Waals surface area (Å²) in [6.45, 7) is 4.44. The predicted octanol–water partition coefficient (Wildman–Crippen LogP) is 2.30. The van der Waals surface area contributed by atoms with Gasteiger partial charge >= 0.3 is 5.97 Å². The average Bonchev–Trinajstić information content (AvgIpc) is 2.37. The van der Waals surface area contributed by atoms with E-state index in [1.165, 1.54) is 0 Å². The van der Waals surface area contributed by atoms with Crippen molar-refractivity contribution in [3.05, 3.63) is 29.8 Å². The van der Waals surface area contributed by atoms with Gasteiger partial charge < -0.3 is 15.2 Å². The molecule has 0 aliphatic carbocycles. The molecule has 0 bridgehead atoms. The topological polar surface area (TPSA) is 61.5 Å². The second kappa shape index (κ2) is 8.53. The minimum absolute atomic E-state index is 0.0453. The molecule has 0 aliphatic rings. The molecule has 2 N–H and O–H groups in total. The molecule has 1 rings (SSSR count). The highest BCUT2D eigenvalue weighted by atomic mass is 16.6. The number of hydrogen-bond acceptors (Lipinski definition) is 4. The van der Waals surface area contributed by atoms with E-state index in [-0.39, 0.29) is 18.6 Å². The molecule has 0 saturated carbocycles. The lowest BCUT2D eigenvalue weighted by Gasteiger charge is -2.08. The smallest absolute Gasteiger partial charge is 0.344 e. The highest BCUT2D eigenvalue weighted by Crippen LogP contribution is 2.13. The van der Waals surface area contributed by atoms with E-state index in [4.69, 9.17) is 15.2 Å². The van der Waals surface area contributed by atoms with Gasteiger partial charge in [-0.1, -0.05) is 25.5 Å². The lowest BCUT2D eigenvalue weighted by atomic mass is 10.1. The van der Waals surface area contributed by atoms with E-state index in [2.05, 4.69) is 0 Å². The molecular formula is C15H23NO3. The number of rotatable bonds is 8. The summed E-state index contributed by atoms with van der Waals surface area (Å²) in [7, 11) is 0. The summed E-state index contributed by atoms with van der Waals surface area (Å²) >= 11 is 0. The first-order chi connectivity index (χ1) is 9.11. The van der Waals surface area contributed by atoms with E-state index in [1.54, 1.807) is 0 Å². The summed E-state index contributed by atoms with van der Waals surface area (Å²) in [5, 5.41) is 0. The van der Waals surface area contributed by atoms with E-state index < -0.39 is 0 Å². The Balaban J connectivity index is 2.31. The van der Waals surface area contributed by atoms with Crippen LogP contribution in [0.25, 0.3) is 0 Å². The fourth-order valence-corrected chi connectivity index (χ4v) is 1.61. The van der Waals surface area contributed by atoms with Crippen LogP contribution in [-0.4, -0.2) is 25.2 Å². The number of hydrogen-bond donors (Lipinski definition) is 1. The van der Waals surface area contributed by atoms with E-state index in [0.717, 1.165) is 24.8 Å². The number of carbonyl (C=O) groups is 1. The predicted molar refractivity (Wildman–Crippen MR) is 75.2 cm³/mol. The van der Waals surface area contributed by atoms with Crippen LogP contribution in [0.5, 0.6) is 5.75 Å². The fourth-order valence-electron chi connectivity index (χ4n) is 1.61. The standard InChI is InChI=1S/C15H23NO3/c1-3-4-9-18-15(17)11-19-14-7-5-13(6-8-14)10-12(2)16/h5-8,12H,3-4,9-11,16H2,1-2H3. The van der Waals surface area contributed by atoms with Crippen LogP contribution in [0.15, 0.2) is 24.3 Å². The quantitative estimate of drug-likeness (QED) is 0.578. The molecule has 1 aromatic rings. The zero-order valence-electron chi connectivity index (χ0n) is 11.7. The van der Waals surface area contributed by atoms with Crippen molar-refractivity contribution in [1.82, 2.24) is 0 Å². The van der Waals surface area contributed by atoms with Gasteiger partial charge in [0.25, 0.3) is 0 Å². The summed E-state index contributed by atoms with van der Waals surface area (Å²) in [4.78, 5) is 11.3. The molecule has 0 radical (unpaired) electrons. The Morgan fingerprint density at radius 1 is 1.32 bits per heavy atom. The maximum atomic E-state index is 11.3. The van der Waals surface area contributed by atoms with Crippen molar-refractivity contribution in [3.8, 4) is 5.75 Å². The van der Waals surface area contributed by atoms with Gasteiger partial charge in [-0.2, -0.15) is 0 Å². The van der Waals surface area contributed by atoms with E-state index in [1.807, 2.05) is 38.1 Å². The van der Waals surface area contributed by atoms with Gasteiger partial charge in [0.05, 0.1) is 6.61 Å². The molecule has 4 heteroatoms. The molecule has 1 atom stereocenters. The van der Waals surface area contributed by atoms with Crippen LogP contribution in [0, 0.1) is 0 Å². The summed E-state index contributed by atoms with van der Waals surface area (Å²) in [6, 6.07) is 7.75. The van der Waals surface area contributed by atoms with Crippen molar-refractivity contribution < 1.29 is 14.3 Å². The molecule has 0 aliphatic heterocycles. The molecule has 1 unspecified atom stereocenters. The van der Waals surface area contributed by atoms with Crippen molar-refractivity contribution in [2.45, 2.75) is 39.2 Å². The molecule has 4 nitrogen and oxygen atoms in total. The van der Waals surface area contributed by atoms with Gasteiger partial charge in [0, 0.05) is 6.04 Å². The molecule has 0 heterocycles. The van der Waals surface area contributed by atoms with Crippen LogP contribution < -0.4 is 10.5 Å². The normalized spacial score (nSPS) is 11.9. The lowest BCUT2D eigenvalue weighted by Crippen LogP contribution is -2.17. The second-order valence-corrected chi connectivity index (χ2v) is 4.69. The maximum absolute atomic E-state index is 11.3. The third-order valence-electron chi connectivity index (χ3n) is 2.60. The molecular weight excluding hydrogens is 242 g/mol. The van der Waals surface area contributed by atoms with Gasteiger partial charge in [-0.15, -0.1) is 0 Å². The van der Waals surface area contributed by atoms with Gasteiger partial charge in [-0.25, -0.2) is 4.79 Å². The van der Waals surface area contributed by atoms with Crippen molar-refractivity contribution in [2.75, 3.05) is 13.2 Å². The third-order valence-corrected chi connectivity index (χ3v) is 2.60. The minimum atomic E-state index is -0.326. The molecule has 106 valence electrons. The Morgan fingerprint density at radius 2 is 2.00 bits per heavy atom. The Kier molecular flexibility index (Phi) is 6.97. The van der Waals surface area contributed by atoms with Crippen LogP contribution in [-0.2, 0) is 16.0 Å². The van der Waals surface area contributed by atoms with Crippen LogP contribution in [0.4, 0.5) is 0 Å². The van der Waals surface area contributed by atoms with Crippen molar-refractivity contribution >= 4 is 5.97 Å². The van der Waals surface area contributed by atoms with Gasteiger partial charge in [-0.3, -0.25) is 0 Å². The highest BCUT2D eigenvalue weighted by molar-refractivity contribution is 5.71. The van der Waals surface area contributed by atoms with E-state index in [9.17, 15) is 4.79 Å². The fraction of sp³-hybridized carbons (Fsp3) is 0.533. The zero-order valence-corrected chi connectivity index (χ0v) is 11.7. The summed E-state index contributed by atoms with van der Waals surface area (Å²) in [5.74, 6) is 0.342. The lowest BCUT2D eigenvalue weighted by molar-refractivity contribution is -0.146. The van der Waals surface area contributed by atoms with Crippen LogP contribution in [0.1, 0.15) is 32.3 Å². The first-order valence-electron chi connectivity index (χ1n) is 6.74. The maximum Gasteiger partial charge on any atom is 0.344 e. The Hall–Kier alpha value is -1.55. The highest BCUT2D eigenvalue weighted by Gasteiger charge is 2.04.